The van der Waals surface area contributed by atoms with Crippen molar-refractivity contribution in [1.29, 1.82) is 0 Å². The van der Waals surface area contributed by atoms with Gasteiger partial charge >= 0.3 is 0 Å². The van der Waals surface area contributed by atoms with Crippen molar-refractivity contribution < 1.29 is 18.3 Å². The van der Waals surface area contributed by atoms with Crippen LogP contribution in [0.1, 0.15) is 22.4 Å². The van der Waals surface area contributed by atoms with Crippen molar-refractivity contribution in [3.05, 3.63) is 113 Å². The van der Waals surface area contributed by atoms with Gasteiger partial charge in [0.1, 0.15) is 23.1 Å². The largest absolute Gasteiger partial charge is 0.497 e. The van der Waals surface area contributed by atoms with Gasteiger partial charge in [-0.25, -0.2) is 13.5 Å². The van der Waals surface area contributed by atoms with Crippen LogP contribution in [0.5, 0.6) is 11.5 Å². The topological polar surface area (TPSA) is 105 Å². The second-order valence-corrected chi connectivity index (χ2v) is 11.6. The average molecular weight is 668 g/mol. The number of aromatic nitrogens is 5. The molecule has 0 amide bonds. The molecule has 1 aliphatic heterocycles. The highest BCUT2D eigenvalue weighted by atomic mass is 19.1. The highest BCUT2D eigenvalue weighted by Gasteiger charge is 2.18. The highest BCUT2D eigenvalue weighted by Crippen LogP contribution is 2.21. The van der Waals surface area contributed by atoms with E-state index in [1.165, 1.54) is 12.1 Å². The van der Waals surface area contributed by atoms with Crippen molar-refractivity contribution in [3.63, 3.8) is 0 Å². The van der Waals surface area contributed by atoms with Gasteiger partial charge in [-0.3, -0.25) is 4.90 Å². The maximum absolute atomic E-state index is 13.7. The first-order valence-electron chi connectivity index (χ1n) is 16.0. The summed E-state index contributed by atoms with van der Waals surface area (Å²) < 4.78 is 39.6. The average Bonchev–Trinajstić information content (AvgIpc) is 3.49. The van der Waals surface area contributed by atoms with Crippen molar-refractivity contribution in [2.24, 2.45) is 0 Å². The molecule has 0 radical (unpaired) electrons. The molecule has 0 atom stereocenters. The minimum absolute atomic E-state index is 0.381. The summed E-state index contributed by atoms with van der Waals surface area (Å²) in [4.78, 5) is 18.3. The number of rotatable bonds is 13. The third kappa shape index (κ3) is 8.68. The number of anilines is 3. The zero-order valence-electron chi connectivity index (χ0n) is 27.7. The van der Waals surface area contributed by atoms with Gasteiger partial charge in [0.15, 0.2) is 0 Å². The van der Waals surface area contributed by atoms with Crippen LogP contribution in [-0.2, 0) is 13.1 Å². The fourth-order valence-corrected chi connectivity index (χ4v) is 5.49. The Balaban J connectivity index is 1.13. The number of nitrogens with one attached hydrogen (secondary N) is 2. The number of nitrogens with zero attached hydrogens (tertiary/aromatic N) is 7. The van der Waals surface area contributed by atoms with Crippen molar-refractivity contribution in [2.45, 2.75) is 20.0 Å². The maximum atomic E-state index is 13.7. The lowest BCUT2D eigenvalue weighted by Crippen LogP contribution is -2.46. The molecule has 0 saturated carbocycles. The third-order valence-electron chi connectivity index (χ3n) is 8.33. The van der Waals surface area contributed by atoms with Gasteiger partial charge in [-0.05, 0) is 54.4 Å². The molecule has 6 rings (SSSR count). The molecule has 2 aromatic heterocycles. The van der Waals surface area contributed by atoms with E-state index in [1.54, 1.807) is 25.1 Å². The molecule has 11 nitrogen and oxygen atoms in total. The highest BCUT2D eigenvalue weighted by molar-refractivity contribution is 5.52. The number of piperazine rings is 1. The van der Waals surface area contributed by atoms with Gasteiger partial charge in [0.05, 0.1) is 26.1 Å². The van der Waals surface area contributed by atoms with Gasteiger partial charge in [0, 0.05) is 63.1 Å². The minimum atomic E-state index is -0.560. The molecular formula is C36H39F2N9O2. The number of halogens is 2. The van der Waals surface area contributed by atoms with Gasteiger partial charge in [0.2, 0.25) is 11.9 Å². The van der Waals surface area contributed by atoms with E-state index >= 15 is 0 Å². The zero-order valence-corrected chi connectivity index (χ0v) is 27.7. The standard InChI is InChI=1S/C36H39F2N9O2/c1-25-28(5-4-14-45-15-17-46(18-16-45)31-20-29(37)19-30(38)21-31)24-41-47(25)36-43-34(39-22-26-6-10-32(48-2)11-7-26)42-35(44-36)40-23-27-8-12-33(49-3)13-9-27/h4-13,19-21,24H,14-18,22-23H2,1-3H3,(H2,39,40,42,43,44). The van der Waals surface area contributed by atoms with Crippen LogP contribution in [0.15, 0.2) is 79.0 Å². The number of methoxy groups -OCH3 is 2. The Kier molecular flexibility index (Phi) is 10.6. The van der Waals surface area contributed by atoms with Crippen LogP contribution >= 0.6 is 0 Å². The van der Waals surface area contributed by atoms with Crippen molar-refractivity contribution >= 4 is 23.7 Å². The van der Waals surface area contributed by atoms with E-state index in [0.717, 1.165) is 59.6 Å². The smallest absolute Gasteiger partial charge is 0.257 e. The lowest BCUT2D eigenvalue weighted by molar-refractivity contribution is 0.284. The van der Waals surface area contributed by atoms with E-state index < -0.39 is 11.6 Å². The van der Waals surface area contributed by atoms with Crippen molar-refractivity contribution in [3.8, 4) is 17.4 Å². The fourth-order valence-electron chi connectivity index (χ4n) is 5.49. The number of benzene rings is 3. The molecule has 2 N–H and O–H groups in total. The normalized spacial score (nSPS) is 13.5. The van der Waals surface area contributed by atoms with Crippen LogP contribution in [0, 0.1) is 18.6 Å². The van der Waals surface area contributed by atoms with Crippen LogP contribution in [-0.4, -0.2) is 76.6 Å². The summed E-state index contributed by atoms with van der Waals surface area (Å²) in [7, 11) is 3.28. The van der Waals surface area contributed by atoms with Crippen molar-refractivity contribution in [1.82, 2.24) is 29.6 Å². The van der Waals surface area contributed by atoms with Crippen LogP contribution in [0.4, 0.5) is 26.4 Å². The molecule has 5 aromatic rings. The Hall–Kier alpha value is -5.56. The quantitative estimate of drug-likeness (QED) is 0.162. The van der Waals surface area contributed by atoms with Crippen LogP contribution in [0.2, 0.25) is 0 Å². The first-order chi connectivity index (χ1) is 23.9. The summed E-state index contributed by atoms with van der Waals surface area (Å²) in [5.74, 6) is 1.65. The fraction of sp³-hybridized carbons (Fsp3) is 0.278. The Morgan fingerprint density at radius 1 is 0.755 bits per heavy atom. The summed E-state index contributed by atoms with van der Waals surface area (Å²) in [6.45, 7) is 6.67. The molecule has 1 saturated heterocycles. The third-order valence-corrected chi connectivity index (χ3v) is 8.33. The van der Waals surface area contributed by atoms with Crippen LogP contribution in [0.25, 0.3) is 12.0 Å². The SMILES string of the molecule is COc1ccc(CNc2nc(NCc3ccc(OC)cc3)nc(-n3ncc(C=CCN4CCN(c5cc(F)cc(F)c5)CC4)c3C)n2)cc1. The molecular weight excluding hydrogens is 628 g/mol. The molecule has 0 aliphatic carbocycles. The first-order valence-corrected chi connectivity index (χ1v) is 16.0. The van der Waals surface area contributed by atoms with Gasteiger partial charge < -0.3 is 25.0 Å². The molecule has 49 heavy (non-hydrogen) atoms. The minimum Gasteiger partial charge on any atom is -0.497 e. The molecule has 0 spiro atoms. The molecule has 13 heteroatoms. The summed E-state index contributed by atoms with van der Waals surface area (Å²) in [6, 6.07) is 19.2. The number of ether oxygens (including phenoxy) is 2. The molecule has 254 valence electrons. The monoisotopic (exact) mass is 667 g/mol. The second-order valence-electron chi connectivity index (χ2n) is 11.6. The molecule has 1 fully saturated rings. The zero-order chi connectivity index (χ0) is 34.2. The van der Waals surface area contributed by atoms with Gasteiger partial charge in [0.25, 0.3) is 5.95 Å². The van der Waals surface area contributed by atoms with E-state index in [0.29, 0.717) is 49.7 Å². The molecule has 1 aliphatic rings. The van der Waals surface area contributed by atoms with E-state index in [9.17, 15) is 8.78 Å². The summed E-state index contributed by atoms with van der Waals surface area (Å²) in [5.41, 5.74) is 4.48. The van der Waals surface area contributed by atoms with Crippen LogP contribution < -0.4 is 25.0 Å². The molecule has 3 heterocycles. The second kappa shape index (κ2) is 15.6. The Bertz CT molecular complexity index is 1780. The predicted molar refractivity (Wildman–Crippen MR) is 186 cm³/mol. The summed E-state index contributed by atoms with van der Waals surface area (Å²) in [5, 5.41) is 11.2. The van der Waals surface area contributed by atoms with E-state index in [1.807, 2.05) is 66.4 Å². The maximum Gasteiger partial charge on any atom is 0.257 e. The van der Waals surface area contributed by atoms with Gasteiger partial charge in [-0.2, -0.15) is 20.1 Å². The molecule has 0 bridgehead atoms. The number of hydrogen-bond acceptors (Lipinski definition) is 10. The van der Waals surface area contributed by atoms with Gasteiger partial charge in [-0.1, -0.05) is 36.4 Å². The van der Waals surface area contributed by atoms with Crippen molar-refractivity contribution in [2.75, 3.05) is 62.5 Å². The Morgan fingerprint density at radius 3 is 1.84 bits per heavy atom. The number of hydrogen-bond donors (Lipinski definition) is 2. The first kappa shape index (κ1) is 33.3. The lowest BCUT2D eigenvalue weighted by Gasteiger charge is -2.35. The summed E-state index contributed by atoms with van der Waals surface area (Å²) >= 11 is 0. The van der Waals surface area contributed by atoms with Gasteiger partial charge in [-0.15, -0.1) is 0 Å². The van der Waals surface area contributed by atoms with E-state index in [-0.39, 0.29) is 0 Å². The van der Waals surface area contributed by atoms with E-state index in [4.69, 9.17) is 19.4 Å². The molecule has 0 unspecified atom stereocenters. The predicted octanol–water partition coefficient (Wildman–Crippen LogP) is 5.72. The van der Waals surface area contributed by atoms with E-state index in [2.05, 4.69) is 31.7 Å². The lowest BCUT2D eigenvalue weighted by atomic mass is 10.2. The Labute approximate surface area is 284 Å². The molecule has 3 aromatic carbocycles. The Morgan fingerprint density at radius 2 is 1.31 bits per heavy atom. The summed E-state index contributed by atoms with van der Waals surface area (Å²) in [6.07, 6.45) is 5.93. The van der Waals surface area contributed by atoms with Crippen LogP contribution in [0.3, 0.4) is 0 Å².